The van der Waals surface area contributed by atoms with Gasteiger partial charge in [-0.05, 0) is 59.4 Å². The fourth-order valence-corrected chi connectivity index (χ4v) is 3.90. The SMILES string of the molecule is O=C(NC1c2ccc(F)cc2-c2cc(F)ccc21)C1CCC(C(F)(F)F)NC1=O. The lowest BCUT2D eigenvalue weighted by Crippen LogP contribution is -2.54. The molecule has 2 aliphatic rings. The average Bonchev–Trinajstić information content (AvgIpc) is 2.93. The fourth-order valence-electron chi connectivity index (χ4n) is 3.90. The molecule has 2 aromatic rings. The molecule has 2 unspecified atom stereocenters. The van der Waals surface area contributed by atoms with Crippen molar-refractivity contribution >= 4 is 11.8 Å². The molecule has 4 nitrogen and oxygen atoms in total. The fraction of sp³-hybridized carbons (Fsp3) is 0.300. The van der Waals surface area contributed by atoms with Crippen molar-refractivity contribution in [3.05, 3.63) is 59.2 Å². The molecule has 2 aromatic carbocycles. The van der Waals surface area contributed by atoms with E-state index in [1.165, 1.54) is 36.4 Å². The Bertz CT molecular complexity index is 953. The third-order valence-electron chi connectivity index (χ3n) is 5.32. The van der Waals surface area contributed by atoms with E-state index in [1.54, 1.807) is 0 Å². The third-order valence-corrected chi connectivity index (χ3v) is 5.32. The summed E-state index contributed by atoms with van der Waals surface area (Å²) in [7, 11) is 0. The lowest BCUT2D eigenvalue weighted by Gasteiger charge is -2.30. The monoisotopic (exact) mass is 410 g/mol. The Labute approximate surface area is 162 Å². The molecule has 1 saturated heterocycles. The van der Waals surface area contributed by atoms with Crippen molar-refractivity contribution in [1.29, 1.82) is 0 Å². The van der Waals surface area contributed by atoms with Crippen molar-refractivity contribution in [1.82, 2.24) is 10.6 Å². The summed E-state index contributed by atoms with van der Waals surface area (Å²) in [4.78, 5) is 24.7. The van der Waals surface area contributed by atoms with Crippen LogP contribution in [0.5, 0.6) is 0 Å². The number of hydrogen-bond donors (Lipinski definition) is 2. The van der Waals surface area contributed by atoms with Crippen molar-refractivity contribution in [3.63, 3.8) is 0 Å². The van der Waals surface area contributed by atoms with Gasteiger partial charge >= 0.3 is 6.18 Å². The summed E-state index contributed by atoms with van der Waals surface area (Å²) < 4.78 is 65.8. The van der Waals surface area contributed by atoms with Crippen molar-refractivity contribution in [2.75, 3.05) is 0 Å². The zero-order chi connectivity index (χ0) is 20.9. The van der Waals surface area contributed by atoms with Gasteiger partial charge in [0.1, 0.15) is 23.6 Å². The predicted octanol–water partition coefficient (Wildman–Crippen LogP) is 3.61. The van der Waals surface area contributed by atoms with Gasteiger partial charge in [0.05, 0.1) is 6.04 Å². The normalized spacial score (nSPS) is 21.3. The maximum absolute atomic E-state index is 13.7. The zero-order valence-electron chi connectivity index (χ0n) is 14.8. The van der Waals surface area contributed by atoms with Crippen molar-refractivity contribution < 1.29 is 31.5 Å². The van der Waals surface area contributed by atoms with Gasteiger partial charge in [-0.2, -0.15) is 13.2 Å². The Morgan fingerprint density at radius 3 is 2.00 bits per heavy atom. The summed E-state index contributed by atoms with van der Waals surface area (Å²) in [5.74, 6) is -4.07. The Morgan fingerprint density at radius 1 is 0.966 bits per heavy atom. The number of carbonyl (C=O) groups is 2. The van der Waals surface area contributed by atoms with Crippen LogP contribution in [-0.2, 0) is 9.59 Å². The van der Waals surface area contributed by atoms with Crippen molar-refractivity contribution in [3.8, 4) is 11.1 Å². The zero-order valence-corrected chi connectivity index (χ0v) is 14.8. The number of carbonyl (C=O) groups excluding carboxylic acids is 2. The molecule has 1 aliphatic heterocycles. The third kappa shape index (κ3) is 3.45. The number of amides is 2. The number of rotatable bonds is 2. The number of halogens is 5. The summed E-state index contributed by atoms with van der Waals surface area (Å²) in [5, 5.41) is 4.50. The number of fused-ring (bicyclic) bond motifs is 3. The van der Waals surface area contributed by atoms with Gasteiger partial charge in [-0.1, -0.05) is 12.1 Å². The van der Waals surface area contributed by atoms with Crippen LogP contribution in [0.2, 0.25) is 0 Å². The minimum absolute atomic E-state index is 0.249. The van der Waals surface area contributed by atoms with E-state index in [0.29, 0.717) is 22.3 Å². The van der Waals surface area contributed by atoms with Gasteiger partial charge in [0.2, 0.25) is 11.8 Å². The van der Waals surface area contributed by atoms with Gasteiger partial charge in [0.15, 0.2) is 0 Å². The second-order valence-corrected chi connectivity index (χ2v) is 7.14. The van der Waals surface area contributed by atoms with E-state index in [-0.39, 0.29) is 6.42 Å². The first-order valence-electron chi connectivity index (χ1n) is 8.92. The maximum Gasteiger partial charge on any atom is 0.408 e. The van der Waals surface area contributed by atoms with Gasteiger partial charge in [0, 0.05) is 0 Å². The molecule has 152 valence electrons. The van der Waals surface area contributed by atoms with Crippen molar-refractivity contribution in [2.45, 2.75) is 31.1 Å². The van der Waals surface area contributed by atoms with Crippen LogP contribution in [0.15, 0.2) is 36.4 Å². The average molecular weight is 410 g/mol. The van der Waals surface area contributed by atoms with Crippen LogP contribution in [0.3, 0.4) is 0 Å². The minimum Gasteiger partial charge on any atom is -0.344 e. The van der Waals surface area contributed by atoms with E-state index in [9.17, 15) is 31.5 Å². The Morgan fingerprint density at radius 2 is 1.52 bits per heavy atom. The molecule has 2 atom stereocenters. The van der Waals surface area contributed by atoms with Crippen molar-refractivity contribution in [2.24, 2.45) is 5.92 Å². The first kappa shape index (κ1) is 19.4. The van der Waals surface area contributed by atoms with E-state index < -0.39 is 54.0 Å². The second kappa shape index (κ2) is 6.82. The standard InChI is InChI=1S/C20H15F5N2O2/c21-9-1-3-11-14(7-9)15-8-10(22)2-4-12(15)17(11)27-19(29)13-5-6-16(20(23,24)25)26-18(13)28/h1-4,7-8,13,16-17H,5-6H2,(H,26,28)(H,27,29). The molecule has 0 spiro atoms. The molecule has 0 saturated carbocycles. The highest BCUT2D eigenvalue weighted by atomic mass is 19.4. The van der Waals surface area contributed by atoms with E-state index in [2.05, 4.69) is 5.32 Å². The summed E-state index contributed by atoms with van der Waals surface area (Å²) in [6.07, 6.45) is -5.22. The first-order valence-corrected chi connectivity index (χ1v) is 8.92. The van der Waals surface area contributed by atoms with E-state index in [0.717, 1.165) is 0 Å². The summed E-state index contributed by atoms with van der Waals surface area (Å²) in [6, 6.07) is 5.01. The van der Waals surface area contributed by atoms with Crippen LogP contribution in [0.1, 0.15) is 30.0 Å². The van der Waals surface area contributed by atoms with Crippen LogP contribution in [0.4, 0.5) is 22.0 Å². The molecule has 1 fully saturated rings. The summed E-state index contributed by atoms with van der Waals surface area (Å²) >= 11 is 0. The molecule has 9 heteroatoms. The minimum atomic E-state index is -4.57. The Hall–Kier alpha value is -2.97. The summed E-state index contributed by atoms with van der Waals surface area (Å²) in [6.45, 7) is 0. The number of hydrogen-bond acceptors (Lipinski definition) is 2. The number of alkyl halides is 3. The lowest BCUT2D eigenvalue weighted by atomic mass is 9.92. The van der Waals surface area contributed by atoms with Gasteiger partial charge in [-0.25, -0.2) is 8.78 Å². The van der Waals surface area contributed by atoms with Gasteiger partial charge in [0.25, 0.3) is 0 Å². The van der Waals surface area contributed by atoms with Gasteiger partial charge < -0.3 is 10.6 Å². The highest BCUT2D eigenvalue weighted by molar-refractivity contribution is 6.01. The van der Waals surface area contributed by atoms with E-state index in [1.807, 2.05) is 5.32 Å². The molecule has 2 amide bonds. The smallest absolute Gasteiger partial charge is 0.344 e. The molecule has 1 heterocycles. The maximum atomic E-state index is 13.7. The molecule has 1 aliphatic carbocycles. The number of nitrogens with one attached hydrogen (secondary N) is 2. The lowest BCUT2D eigenvalue weighted by molar-refractivity contribution is -0.171. The number of benzene rings is 2. The van der Waals surface area contributed by atoms with Crippen LogP contribution in [0.25, 0.3) is 11.1 Å². The molecule has 29 heavy (non-hydrogen) atoms. The molecule has 0 bridgehead atoms. The molecule has 0 radical (unpaired) electrons. The van der Waals surface area contributed by atoms with E-state index in [4.69, 9.17) is 0 Å². The molecule has 2 N–H and O–H groups in total. The summed E-state index contributed by atoms with van der Waals surface area (Å²) in [5.41, 5.74) is 1.86. The van der Waals surface area contributed by atoms with Crippen LogP contribution < -0.4 is 10.6 Å². The van der Waals surface area contributed by atoms with Gasteiger partial charge in [-0.3, -0.25) is 9.59 Å². The van der Waals surface area contributed by atoms with Crippen LogP contribution in [-0.4, -0.2) is 24.0 Å². The van der Waals surface area contributed by atoms with Crippen LogP contribution >= 0.6 is 0 Å². The van der Waals surface area contributed by atoms with Gasteiger partial charge in [-0.15, -0.1) is 0 Å². The Balaban J connectivity index is 1.59. The largest absolute Gasteiger partial charge is 0.408 e. The van der Waals surface area contributed by atoms with Crippen LogP contribution in [0, 0.1) is 17.6 Å². The topological polar surface area (TPSA) is 58.2 Å². The molecule has 0 aromatic heterocycles. The molecular weight excluding hydrogens is 395 g/mol. The predicted molar refractivity (Wildman–Crippen MR) is 92.5 cm³/mol. The molecular formula is C20H15F5N2O2. The highest BCUT2D eigenvalue weighted by Gasteiger charge is 2.46. The highest BCUT2D eigenvalue weighted by Crippen LogP contribution is 2.44. The first-order chi connectivity index (χ1) is 13.6. The Kier molecular flexibility index (Phi) is 4.55. The second-order valence-electron chi connectivity index (χ2n) is 7.14. The molecule has 4 rings (SSSR count). The quantitative estimate of drug-likeness (QED) is 0.587. The van der Waals surface area contributed by atoms with E-state index >= 15 is 0 Å². The number of piperidine rings is 1.